The zero-order valence-corrected chi connectivity index (χ0v) is 26.6. The van der Waals surface area contributed by atoms with Crippen molar-refractivity contribution >= 4 is 5.97 Å². The number of nitrogens with two attached hydrogens (primary N) is 5. The Labute approximate surface area is 286 Å². The fourth-order valence-corrected chi connectivity index (χ4v) is 5.85. The molecule has 0 spiro atoms. The molecule has 296 valence electrons. The molecule has 3 heterocycles. The number of hydrogen-bond donors (Lipinski definition) is 13. The average molecular weight is 755 g/mol. The molecule has 1 saturated carbocycles. The third-order valence-electron chi connectivity index (χ3n) is 8.74. The quantitative estimate of drug-likeness (QED) is 0.0560. The second-order valence-electron chi connectivity index (χ2n) is 12.2. The van der Waals surface area contributed by atoms with E-state index < -0.39 is 135 Å². The van der Waals surface area contributed by atoms with Crippen molar-refractivity contribution in [2.24, 2.45) is 33.8 Å². The molecule has 0 radical (unpaired) electrons. The summed E-state index contributed by atoms with van der Waals surface area (Å²) in [6.45, 7) is -1.08. The van der Waals surface area contributed by atoms with Crippen molar-refractivity contribution in [1.29, 1.82) is 0 Å². The number of ether oxygens (including phenoxy) is 6. The first-order valence-corrected chi connectivity index (χ1v) is 15.5. The van der Waals surface area contributed by atoms with Crippen LogP contribution in [0.25, 0.3) is 10.4 Å². The van der Waals surface area contributed by atoms with Gasteiger partial charge in [0, 0.05) is 24.0 Å². The van der Waals surface area contributed by atoms with E-state index in [0.29, 0.717) is 0 Å². The maximum Gasteiger partial charge on any atom is 0.490 e. The topological polar surface area (TPSA) is 413 Å². The molecule has 0 aromatic heterocycles. The molecule has 4 rings (SSSR count). The van der Waals surface area contributed by atoms with E-state index in [1.807, 2.05) is 0 Å². The first-order chi connectivity index (χ1) is 23.8. The van der Waals surface area contributed by atoms with Crippen molar-refractivity contribution in [3.63, 3.8) is 0 Å². The number of rotatable bonds is 10. The Morgan fingerprint density at radius 3 is 1.59 bits per heavy atom. The maximum absolute atomic E-state index is 11.2. The van der Waals surface area contributed by atoms with E-state index in [2.05, 4.69) is 10.0 Å². The smallest absolute Gasteiger partial charge is 0.475 e. The summed E-state index contributed by atoms with van der Waals surface area (Å²) in [5.41, 5.74) is 38.6. The third kappa shape index (κ3) is 9.89. The van der Waals surface area contributed by atoms with E-state index in [0.717, 1.165) is 0 Å². The third-order valence-corrected chi connectivity index (χ3v) is 8.74. The van der Waals surface area contributed by atoms with Gasteiger partial charge in [-0.05, 0) is 12.0 Å². The van der Waals surface area contributed by atoms with Crippen molar-refractivity contribution in [3.8, 4) is 0 Å². The highest BCUT2D eigenvalue weighted by atomic mass is 19.4. The van der Waals surface area contributed by atoms with E-state index in [-0.39, 0.29) is 19.5 Å². The summed E-state index contributed by atoms with van der Waals surface area (Å²) in [6, 6.07) is -4.66. The summed E-state index contributed by atoms with van der Waals surface area (Å²) in [4.78, 5) is 11.7. The minimum absolute atomic E-state index is 0.0737. The van der Waals surface area contributed by atoms with Gasteiger partial charge in [0.05, 0.1) is 36.9 Å². The lowest BCUT2D eigenvalue weighted by Gasteiger charge is -2.47. The number of halogens is 3. The second kappa shape index (κ2) is 18.3. The Bertz CT molecular complexity index is 1180. The largest absolute Gasteiger partial charge is 0.490 e. The number of carboxylic acid groups (broad SMARTS) is 1. The molecular weight excluding hydrogens is 709 g/mol. The molecule has 0 amide bonds. The van der Waals surface area contributed by atoms with E-state index in [4.69, 9.17) is 67.0 Å². The van der Waals surface area contributed by atoms with Crippen molar-refractivity contribution < 1.29 is 87.2 Å². The van der Waals surface area contributed by atoms with Crippen LogP contribution in [0.1, 0.15) is 6.42 Å². The molecule has 26 heteroatoms. The van der Waals surface area contributed by atoms with Crippen LogP contribution in [-0.4, -0.2) is 189 Å². The lowest BCUT2D eigenvalue weighted by Crippen LogP contribution is -2.67. The van der Waals surface area contributed by atoms with Crippen LogP contribution in [0.2, 0.25) is 0 Å². The van der Waals surface area contributed by atoms with Gasteiger partial charge in [0.25, 0.3) is 0 Å². The Hall–Kier alpha value is -2.15. The van der Waals surface area contributed by atoms with Crippen molar-refractivity contribution in [2.45, 2.75) is 129 Å². The number of hydrogen-bond acceptors (Lipinski definition) is 20. The van der Waals surface area contributed by atoms with Crippen LogP contribution in [0.4, 0.5) is 13.2 Å². The second-order valence-corrected chi connectivity index (χ2v) is 12.2. The number of aliphatic carboxylic acids is 1. The van der Waals surface area contributed by atoms with Crippen LogP contribution in [0, 0.1) is 0 Å². The average Bonchev–Trinajstić information content (AvgIpc) is 3.38. The van der Waals surface area contributed by atoms with Crippen LogP contribution in [0.5, 0.6) is 0 Å². The van der Waals surface area contributed by atoms with Crippen LogP contribution in [0.3, 0.4) is 0 Å². The minimum atomic E-state index is -5.08. The van der Waals surface area contributed by atoms with Crippen molar-refractivity contribution in [3.05, 3.63) is 10.4 Å². The molecule has 0 bridgehead atoms. The van der Waals surface area contributed by atoms with Crippen molar-refractivity contribution in [1.82, 2.24) is 0 Å². The molecule has 0 unspecified atom stereocenters. The molecule has 3 saturated heterocycles. The number of aliphatic hydroxyl groups is 7. The molecule has 18 N–H and O–H groups in total. The SMILES string of the molecule is O=C(O)C(F)(F)F.[N-]=[N+]=N[C@H]1C[C@@H](N)[C@H](O)[C@@H](O[C@@H]2O[C@H](CO)[C@@H](O[C@H]3O[C@@H](CN)[C@@H](O)[C@H](O)[C@H]3N)[C@H]2O)[C@@H]1O[C@H]1O[C@H](CN)[C@@H](O)[C@H](O)[C@H]1N. The number of alkyl halides is 3. The summed E-state index contributed by atoms with van der Waals surface area (Å²) >= 11 is 0. The van der Waals surface area contributed by atoms with E-state index in [9.17, 15) is 54.4 Å². The molecule has 23 nitrogen and oxygen atoms in total. The molecule has 51 heavy (non-hydrogen) atoms. The maximum atomic E-state index is 11.2. The van der Waals surface area contributed by atoms with Crippen LogP contribution in [-0.2, 0) is 33.2 Å². The summed E-state index contributed by atoms with van der Waals surface area (Å²) in [7, 11) is 0. The van der Waals surface area contributed by atoms with Crippen LogP contribution in [0.15, 0.2) is 5.11 Å². The fourth-order valence-electron chi connectivity index (χ4n) is 5.85. The zero-order chi connectivity index (χ0) is 38.5. The van der Waals surface area contributed by atoms with Gasteiger partial charge in [-0.1, -0.05) is 5.11 Å². The normalized spacial score (nSPS) is 46.1. The van der Waals surface area contributed by atoms with E-state index in [1.165, 1.54) is 0 Å². The van der Waals surface area contributed by atoms with Gasteiger partial charge in [0.1, 0.15) is 61.0 Å². The number of nitrogens with zero attached hydrogens (tertiary/aromatic N) is 3. The molecule has 0 aromatic rings. The first kappa shape index (κ1) is 43.3. The minimum Gasteiger partial charge on any atom is -0.475 e. The summed E-state index contributed by atoms with van der Waals surface area (Å²) < 4.78 is 66.4. The predicted molar refractivity (Wildman–Crippen MR) is 157 cm³/mol. The van der Waals surface area contributed by atoms with Gasteiger partial charge >= 0.3 is 12.1 Å². The van der Waals surface area contributed by atoms with E-state index in [1.54, 1.807) is 0 Å². The van der Waals surface area contributed by atoms with Gasteiger partial charge in [-0.2, -0.15) is 13.2 Å². The fraction of sp³-hybridized carbons (Fsp3) is 0.960. The van der Waals surface area contributed by atoms with Gasteiger partial charge in [0.2, 0.25) is 0 Å². The molecule has 4 fully saturated rings. The Balaban J connectivity index is 0.000000908. The highest BCUT2D eigenvalue weighted by Crippen LogP contribution is 2.35. The molecule has 3 aliphatic heterocycles. The molecule has 19 atom stereocenters. The molecule has 0 aromatic carbocycles. The molecule has 1 aliphatic carbocycles. The highest BCUT2D eigenvalue weighted by Gasteiger charge is 2.54. The van der Waals surface area contributed by atoms with Crippen LogP contribution >= 0.6 is 0 Å². The number of carboxylic acids is 1. The van der Waals surface area contributed by atoms with Gasteiger partial charge in [-0.3, -0.25) is 0 Å². The van der Waals surface area contributed by atoms with E-state index >= 15 is 0 Å². The standard InChI is InChI=1S/C23H44N8O13.C2HF3O2/c24-2-7-13(34)15(36)10(27)21(39-7)42-18-6(30-31-29)1-5(26)12(33)20(18)44-23-17(38)19(9(4-32)41-23)43-22-11(28)16(37)14(35)8(3-25)40-22;3-2(4,5)1(6)7/h5-23,32-38H,1-4,24-28H2;(H,6,7)/t5-,6+,7-,8+,9-,10-,11-,12+,13-,14-,15-,16-,17-,18-,19-,20-,21-,22-,23+;/m1./s1. The number of carbonyl (C=O) groups is 1. The number of aliphatic hydroxyl groups excluding tert-OH is 7. The van der Waals surface area contributed by atoms with Gasteiger partial charge < -0.3 is 97.9 Å². The zero-order valence-electron chi connectivity index (χ0n) is 26.6. The first-order valence-electron chi connectivity index (χ1n) is 15.5. The monoisotopic (exact) mass is 754 g/mol. The Morgan fingerprint density at radius 2 is 1.18 bits per heavy atom. The van der Waals surface area contributed by atoms with Crippen LogP contribution < -0.4 is 28.7 Å². The molecular formula is C25H45F3N8O15. The highest BCUT2D eigenvalue weighted by molar-refractivity contribution is 5.73. The summed E-state index contributed by atoms with van der Waals surface area (Å²) in [5.74, 6) is -2.76. The van der Waals surface area contributed by atoms with Gasteiger partial charge in [-0.15, -0.1) is 0 Å². The summed E-state index contributed by atoms with van der Waals surface area (Å²) in [5, 5.41) is 84.1. The summed E-state index contributed by atoms with van der Waals surface area (Å²) in [6.07, 6.45) is -26.1. The lowest BCUT2D eigenvalue weighted by molar-refractivity contribution is -0.306. The Morgan fingerprint density at radius 1 is 0.745 bits per heavy atom. The van der Waals surface area contributed by atoms with Gasteiger partial charge in [0.15, 0.2) is 18.9 Å². The molecule has 4 aliphatic rings. The number of azide groups is 1. The predicted octanol–water partition coefficient (Wildman–Crippen LogP) is -6.91. The lowest BCUT2D eigenvalue weighted by atomic mass is 9.84. The van der Waals surface area contributed by atoms with Crippen molar-refractivity contribution in [2.75, 3.05) is 19.7 Å². The Kier molecular flexibility index (Phi) is 15.5. The van der Waals surface area contributed by atoms with Gasteiger partial charge in [-0.25, -0.2) is 4.79 Å².